The molecular formula is C32H41N3O5S. The second-order valence-electron chi connectivity index (χ2n) is 10.8. The van der Waals surface area contributed by atoms with Gasteiger partial charge in [0.05, 0.1) is 19.1 Å². The topological polar surface area (TPSA) is 96.0 Å². The van der Waals surface area contributed by atoms with Gasteiger partial charge in [0, 0.05) is 19.5 Å². The van der Waals surface area contributed by atoms with Crippen LogP contribution in [0.4, 0.5) is 5.69 Å². The fraction of sp³-hybridized carbons (Fsp3) is 0.375. The van der Waals surface area contributed by atoms with E-state index in [0.717, 1.165) is 32.8 Å². The normalized spacial score (nSPS) is 12.1. The standard InChI is InChI=1S/C32H41N3O5S/c1-23(2)20-33-32(37)30(19-26-11-8-7-9-12-26)34(21-27-13-10-14-29(18-27)40-5)31(36)22-35(41(6,38)39)28-16-15-24(3)25(4)17-28/h7-18,23,30H,19-22H2,1-6H3,(H,33,37)/t30-/m1/s1. The van der Waals surface area contributed by atoms with E-state index in [0.29, 0.717) is 18.0 Å². The molecule has 3 rings (SSSR count). The Labute approximate surface area is 244 Å². The van der Waals surface area contributed by atoms with E-state index in [1.165, 1.54) is 4.90 Å². The van der Waals surface area contributed by atoms with Gasteiger partial charge in [0.15, 0.2) is 0 Å². The van der Waals surface area contributed by atoms with Gasteiger partial charge in [-0.3, -0.25) is 13.9 Å². The summed E-state index contributed by atoms with van der Waals surface area (Å²) in [5, 5.41) is 2.99. The number of hydrogen-bond acceptors (Lipinski definition) is 5. The molecule has 0 aliphatic carbocycles. The fourth-order valence-corrected chi connectivity index (χ4v) is 5.28. The van der Waals surface area contributed by atoms with E-state index >= 15 is 0 Å². The van der Waals surface area contributed by atoms with E-state index < -0.39 is 28.5 Å². The summed E-state index contributed by atoms with van der Waals surface area (Å²) in [6.07, 6.45) is 1.35. The second kappa shape index (κ2) is 14.2. The van der Waals surface area contributed by atoms with E-state index in [4.69, 9.17) is 4.74 Å². The summed E-state index contributed by atoms with van der Waals surface area (Å²) in [7, 11) is -2.26. The molecule has 0 aromatic heterocycles. The summed E-state index contributed by atoms with van der Waals surface area (Å²) in [6, 6.07) is 21.2. The van der Waals surface area contributed by atoms with Crippen LogP contribution < -0.4 is 14.4 Å². The van der Waals surface area contributed by atoms with Crippen LogP contribution in [0.2, 0.25) is 0 Å². The van der Waals surface area contributed by atoms with Gasteiger partial charge < -0.3 is 15.0 Å². The summed E-state index contributed by atoms with van der Waals surface area (Å²) in [6.45, 7) is 7.92. The SMILES string of the molecule is COc1cccc(CN(C(=O)CN(c2ccc(C)c(C)c2)S(C)(=O)=O)[C@H](Cc2ccccc2)C(=O)NCC(C)C)c1. The van der Waals surface area contributed by atoms with Crippen molar-refractivity contribution in [3.63, 3.8) is 0 Å². The van der Waals surface area contributed by atoms with Gasteiger partial charge in [0.25, 0.3) is 0 Å². The van der Waals surface area contributed by atoms with E-state index in [9.17, 15) is 18.0 Å². The van der Waals surface area contributed by atoms with Gasteiger partial charge in [-0.05, 0) is 66.3 Å². The molecule has 0 unspecified atom stereocenters. The Morgan fingerprint density at radius 1 is 0.902 bits per heavy atom. The Hall–Kier alpha value is -3.85. The third-order valence-electron chi connectivity index (χ3n) is 6.90. The smallest absolute Gasteiger partial charge is 0.244 e. The monoisotopic (exact) mass is 579 g/mol. The van der Waals surface area contributed by atoms with Crippen molar-refractivity contribution in [1.29, 1.82) is 0 Å². The van der Waals surface area contributed by atoms with Crippen LogP contribution in [-0.4, -0.2) is 57.6 Å². The summed E-state index contributed by atoms with van der Waals surface area (Å²) in [4.78, 5) is 29.3. The average molecular weight is 580 g/mol. The van der Waals surface area contributed by atoms with Gasteiger partial charge in [0.1, 0.15) is 18.3 Å². The first-order chi connectivity index (χ1) is 19.4. The number of amides is 2. The quantitative estimate of drug-likeness (QED) is 0.322. The first-order valence-electron chi connectivity index (χ1n) is 13.7. The maximum absolute atomic E-state index is 14.2. The van der Waals surface area contributed by atoms with Gasteiger partial charge in [-0.1, -0.05) is 62.4 Å². The van der Waals surface area contributed by atoms with Crippen LogP contribution in [0.1, 0.15) is 36.1 Å². The van der Waals surface area contributed by atoms with Crippen LogP contribution in [0.3, 0.4) is 0 Å². The molecule has 220 valence electrons. The fourth-order valence-electron chi connectivity index (χ4n) is 4.44. The van der Waals surface area contributed by atoms with E-state index in [1.807, 2.05) is 82.3 Å². The molecule has 0 heterocycles. The Balaban J connectivity index is 2.07. The van der Waals surface area contributed by atoms with E-state index in [1.54, 1.807) is 25.3 Å². The number of sulfonamides is 1. The molecule has 41 heavy (non-hydrogen) atoms. The third kappa shape index (κ3) is 9.08. The van der Waals surface area contributed by atoms with Crippen LogP contribution in [-0.2, 0) is 32.6 Å². The van der Waals surface area contributed by atoms with Crippen molar-refractivity contribution in [3.8, 4) is 5.75 Å². The highest BCUT2D eigenvalue weighted by Gasteiger charge is 2.33. The number of carbonyl (C=O) groups is 2. The van der Waals surface area contributed by atoms with Crippen molar-refractivity contribution in [3.05, 3.63) is 95.1 Å². The molecule has 0 aliphatic heterocycles. The first kappa shape index (κ1) is 31.7. The number of anilines is 1. The highest BCUT2D eigenvalue weighted by Crippen LogP contribution is 2.23. The number of aryl methyl sites for hydroxylation is 2. The Kier molecular flexibility index (Phi) is 10.9. The molecule has 1 atom stereocenters. The highest BCUT2D eigenvalue weighted by molar-refractivity contribution is 7.92. The Morgan fingerprint density at radius 2 is 1.59 bits per heavy atom. The zero-order valence-electron chi connectivity index (χ0n) is 24.8. The highest BCUT2D eigenvalue weighted by atomic mass is 32.2. The number of nitrogens with zero attached hydrogens (tertiary/aromatic N) is 2. The molecular weight excluding hydrogens is 538 g/mol. The van der Waals surface area contributed by atoms with Crippen LogP contribution in [0.15, 0.2) is 72.8 Å². The van der Waals surface area contributed by atoms with Crippen molar-refractivity contribution in [2.45, 2.75) is 46.7 Å². The molecule has 0 bridgehead atoms. The molecule has 1 N–H and O–H groups in total. The number of nitrogens with one attached hydrogen (secondary N) is 1. The zero-order chi connectivity index (χ0) is 30.2. The number of rotatable bonds is 13. The number of hydrogen-bond donors (Lipinski definition) is 1. The molecule has 0 radical (unpaired) electrons. The summed E-state index contributed by atoms with van der Waals surface area (Å²) < 4.78 is 32.4. The number of carbonyl (C=O) groups excluding carboxylic acids is 2. The minimum atomic E-state index is -3.82. The number of methoxy groups -OCH3 is 1. The molecule has 0 spiro atoms. The number of ether oxygens (including phenoxy) is 1. The minimum absolute atomic E-state index is 0.0904. The lowest BCUT2D eigenvalue weighted by molar-refractivity contribution is -0.140. The third-order valence-corrected chi connectivity index (χ3v) is 8.04. The van der Waals surface area contributed by atoms with Crippen molar-refractivity contribution in [2.24, 2.45) is 5.92 Å². The largest absolute Gasteiger partial charge is 0.497 e. The van der Waals surface area contributed by atoms with Gasteiger partial charge in [-0.25, -0.2) is 8.42 Å². The van der Waals surface area contributed by atoms with Crippen LogP contribution >= 0.6 is 0 Å². The summed E-state index contributed by atoms with van der Waals surface area (Å²) >= 11 is 0. The predicted octanol–water partition coefficient (Wildman–Crippen LogP) is 4.49. The molecule has 8 nitrogen and oxygen atoms in total. The molecule has 0 fully saturated rings. The molecule has 3 aromatic rings. The van der Waals surface area contributed by atoms with Crippen molar-refractivity contribution in [2.75, 3.05) is 30.8 Å². The Morgan fingerprint density at radius 3 is 2.20 bits per heavy atom. The Bertz CT molecular complexity index is 1440. The van der Waals surface area contributed by atoms with Crippen molar-refractivity contribution < 1.29 is 22.7 Å². The van der Waals surface area contributed by atoms with Gasteiger partial charge >= 0.3 is 0 Å². The lowest BCUT2D eigenvalue weighted by Crippen LogP contribution is -2.53. The summed E-state index contributed by atoms with van der Waals surface area (Å²) in [5.41, 5.74) is 3.96. The van der Waals surface area contributed by atoms with Crippen molar-refractivity contribution >= 4 is 27.5 Å². The maximum atomic E-state index is 14.2. The molecule has 9 heteroatoms. The van der Waals surface area contributed by atoms with Gasteiger partial charge in [-0.15, -0.1) is 0 Å². The molecule has 2 amide bonds. The lowest BCUT2D eigenvalue weighted by atomic mass is 10.0. The van der Waals surface area contributed by atoms with Gasteiger partial charge in [0.2, 0.25) is 21.8 Å². The number of benzene rings is 3. The van der Waals surface area contributed by atoms with E-state index in [-0.39, 0.29) is 24.8 Å². The summed E-state index contributed by atoms with van der Waals surface area (Å²) in [5.74, 6) is 0.0454. The zero-order valence-corrected chi connectivity index (χ0v) is 25.6. The van der Waals surface area contributed by atoms with Gasteiger partial charge in [-0.2, -0.15) is 0 Å². The molecule has 3 aromatic carbocycles. The molecule has 0 saturated carbocycles. The molecule has 0 aliphatic rings. The lowest BCUT2D eigenvalue weighted by Gasteiger charge is -2.33. The van der Waals surface area contributed by atoms with Crippen LogP contribution in [0, 0.1) is 19.8 Å². The average Bonchev–Trinajstić information content (AvgIpc) is 2.93. The molecule has 0 saturated heterocycles. The minimum Gasteiger partial charge on any atom is -0.497 e. The van der Waals surface area contributed by atoms with Crippen LogP contribution in [0.5, 0.6) is 5.75 Å². The predicted molar refractivity (Wildman–Crippen MR) is 163 cm³/mol. The second-order valence-corrected chi connectivity index (χ2v) is 12.7. The van der Waals surface area contributed by atoms with E-state index in [2.05, 4.69) is 5.32 Å². The maximum Gasteiger partial charge on any atom is 0.244 e. The van der Waals surface area contributed by atoms with Crippen molar-refractivity contribution in [1.82, 2.24) is 10.2 Å². The van der Waals surface area contributed by atoms with Crippen LogP contribution in [0.25, 0.3) is 0 Å². The first-order valence-corrected chi connectivity index (χ1v) is 15.5.